The number of para-hydroxylation sites is 2. The SMILES string of the molecule is BrCC1=Cc2ccccc2Oc2c(Br)cccc21. The van der Waals surface area contributed by atoms with Gasteiger partial charge in [-0.2, -0.15) is 0 Å². The van der Waals surface area contributed by atoms with Crippen LogP contribution in [0.4, 0.5) is 0 Å². The van der Waals surface area contributed by atoms with Crippen molar-refractivity contribution in [2.24, 2.45) is 0 Å². The monoisotopic (exact) mass is 364 g/mol. The highest BCUT2D eigenvalue weighted by Gasteiger charge is 2.17. The number of hydrogen-bond donors (Lipinski definition) is 0. The third kappa shape index (κ3) is 2.02. The predicted molar refractivity (Wildman–Crippen MR) is 82.3 cm³/mol. The van der Waals surface area contributed by atoms with Crippen LogP contribution in [-0.2, 0) is 0 Å². The number of benzene rings is 2. The zero-order chi connectivity index (χ0) is 12.5. The van der Waals surface area contributed by atoms with Gasteiger partial charge in [-0.05, 0) is 39.7 Å². The van der Waals surface area contributed by atoms with Gasteiger partial charge in [-0.25, -0.2) is 0 Å². The highest BCUT2D eigenvalue weighted by Crippen LogP contribution is 2.42. The molecule has 0 saturated carbocycles. The maximum absolute atomic E-state index is 6.05. The molecule has 2 aromatic rings. The van der Waals surface area contributed by atoms with E-state index in [4.69, 9.17) is 4.74 Å². The fraction of sp³-hybridized carbons (Fsp3) is 0.0667. The van der Waals surface area contributed by atoms with Gasteiger partial charge in [-0.15, -0.1) is 0 Å². The zero-order valence-electron chi connectivity index (χ0n) is 9.49. The molecule has 1 nitrogen and oxygen atoms in total. The number of ether oxygens (including phenoxy) is 1. The summed E-state index contributed by atoms with van der Waals surface area (Å²) in [6.45, 7) is 0. The van der Waals surface area contributed by atoms with Crippen molar-refractivity contribution >= 4 is 43.5 Å². The summed E-state index contributed by atoms with van der Waals surface area (Å²) in [5.74, 6) is 1.77. The lowest BCUT2D eigenvalue weighted by molar-refractivity contribution is 0.478. The Bertz CT molecular complexity index is 632. The number of halogens is 2. The number of allylic oxidation sites excluding steroid dienone is 1. The molecule has 0 radical (unpaired) electrons. The molecule has 2 aromatic carbocycles. The fourth-order valence-electron chi connectivity index (χ4n) is 2.04. The van der Waals surface area contributed by atoms with Gasteiger partial charge < -0.3 is 4.74 Å². The summed E-state index contributed by atoms with van der Waals surface area (Å²) in [7, 11) is 0. The Balaban J connectivity index is 2.28. The van der Waals surface area contributed by atoms with Gasteiger partial charge in [0.15, 0.2) is 0 Å². The van der Waals surface area contributed by atoms with Crippen LogP contribution in [0.25, 0.3) is 11.6 Å². The van der Waals surface area contributed by atoms with Crippen LogP contribution >= 0.6 is 31.9 Å². The lowest BCUT2D eigenvalue weighted by atomic mass is 10.0. The third-order valence-electron chi connectivity index (χ3n) is 2.92. The van der Waals surface area contributed by atoms with E-state index < -0.39 is 0 Å². The lowest BCUT2D eigenvalue weighted by Gasteiger charge is -2.11. The Morgan fingerprint density at radius 2 is 1.83 bits per heavy atom. The molecule has 1 heterocycles. The van der Waals surface area contributed by atoms with Crippen LogP contribution < -0.4 is 4.74 Å². The van der Waals surface area contributed by atoms with Crippen LogP contribution in [0.15, 0.2) is 46.9 Å². The van der Waals surface area contributed by atoms with Crippen molar-refractivity contribution in [1.82, 2.24) is 0 Å². The summed E-state index contributed by atoms with van der Waals surface area (Å²) >= 11 is 7.11. The van der Waals surface area contributed by atoms with Crippen molar-refractivity contribution in [3.05, 3.63) is 58.1 Å². The third-order valence-corrected chi connectivity index (χ3v) is 4.15. The van der Waals surface area contributed by atoms with Crippen LogP contribution in [0.3, 0.4) is 0 Å². The summed E-state index contributed by atoms with van der Waals surface area (Å²) in [4.78, 5) is 0. The molecule has 90 valence electrons. The van der Waals surface area contributed by atoms with E-state index in [9.17, 15) is 0 Å². The molecule has 0 aliphatic carbocycles. The molecule has 0 aromatic heterocycles. The van der Waals surface area contributed by atoms with Crippen molar-refractivity contribution in [2.75, 3.05) is 5.33 Å². The second kappa shape index (κ2) is 4.90. The van der Waals surface area contributed by atoms with Gasteiger partial charge >= 0.3 is 0 Å². The Hall–Kier alpha value is -1.06. The standard InChI is InChI=1S/C15H10Br2O/c16-9-11-8-10-4-1-2-7-14(10)18-15-12(11)5-3-6-13(15)17/h1-8H,9H2. The second-order valence-corrected chi connectivity index (χ2v) is 5.47. The summed E-state index contributed by atoms with van der Waals surface area (Å²) in [5, 5.41) is 0.800. The smallest absolute Gasteiger partial charge is 0.149 e. The average Bonchev–Trinajstić information content (AvgIpc) is 2.56. The van der Waals surface area contributed by atoms with Crippen LogP contribution in [0.1, 0.15) is 11.1 Å². The van der Waals surface area contributed by atoms with Crippen LogP contribution in [0.2, 0.25) is 0 Å². The molecule has 0 unspecified atom stereocenters. The average molecular weight is 366 g/mol. The topological polar surface area (TPSA) is 9.23 Å². The maximum Gasteiger partial charge on any atom is 0.149 e. The van der Waals surface area contributed by atoms with Crippen molar-refractivity contribution < 1.29 is 4.74 Å². The number of hydrogen-bond acceptors (Lipinski definition) is 1. The molecule has 0 bridgehead atoms. The first-order chi connectivity index (χ1) is 8.79. The van der Waals surface area contributed by atoms with Gasteiger partial charge in [0.05, 0.1) is 4.47 Å². The normalized spacial score (nSPS) is 12.9. The molecule has 3 rings (SSSR count). The van der Waals surface area contributed by atoms with Gasteiger partial charge in [0.1, 0.15) is 11.5 Å². The first-order valence-corrected chi connectivity index (χ1v) is 7.53. The molecule has 0 spiro atoms. The Labute approximate surface area is 123 Å². The van der Waals surface area contributed by atoms with Gasteiger partial charge in [-0.3, -0.25) is 0 Å². The summed E-state index contributed by atoms with van der Waals surface area (Å²) in [6.07, 6.45) is 2.17. The molecule has 0 atom stereocenters. The maximum atomic E-state index is 6.05. The minimum absolute atomic E-state index is 0.800. The molecule has 18 heavy (non-hydrogen) atoms. The number of rotatable bonds is 1. The van der Waals surface area contributed by atoms with Crippen molar-refractivity contribution in [3.8, 4) is 11.5 Å². The van der Waals surface area contributed by atoms with E-state index in [0.29, 0.717) is 0 Å². The van der Waals surface area contributed by atoms with Gasteiger partial charge in [0.2, 0.25) is 0 Å². The fourth-order valence-corrected chi connectivity index (χ4v) is 2.96. The van der Waals surface area contributed by atoms with E-state index in [1.807, 2.05) is 30.3 Å². The van der Waals surface area contributed by atoms with Crippen LogP contribution in [0.5, 0.6) is 11.5 Å². The zero-order valence-corrected chi connectivity index (χ0v) is 12.7. The van der Waals surface area contributed by atoms with Gasteiger partial charge in [0, 0.05) is 16.5 Å². The molecule has 1 aliphatic heterocycles. The number of alkyl halides is 1. The van der Waals surface area contributed by atoms with Crippen LogP contribution in [-0.4, -0.2) is 5.33 Å². The first kappa shape index (κ1) is 12.0. The quantitative estimate of drug-likeness (QED) is 0.607. The highest BCUT2D eigenvalue weighted by atomic mass is 79.9. The molecular formula is C15H10Br2O. The molecule has 0 fully saturated rings. The lowest BCUT2D eigenvalue weighted by Crippen LogP contribution is -1.91. The summed E-state index contributed by atoms with van der Waals surface area (Å²) < 4.78 is 7.02. The molecule has 0 N–H and O–H groups in total. The molecule has 1 aliphatic rings. The van der Waals surface area contributed by atoms with Crippen LogP contribution in [0, 0.1) is 0 Å². The molecule has 3 heteroatoms. The number of fused-ring (bicyclic) bond motifs is 2. The molecule has 0 saturated heterocycles. The summed E-state index contributed by atoms with van der Waals surface area (Å²) in [6, 6.07) is 14.2. The Morgan fingerprint density at radius 3 is 2.67 bits per heavy atom. The van der Waals surface area contributed by atoms with Gasteiger partial charge in [0.25, 0.3) is 0 Å². The van der Waals surface area contributed by atoms with E-state index in [0.717, 1.165) is 32.4 Å². The second-order valence-electron chi connectivity index (χ2n) is 4.06. The van der Waals surface area contributed by atoms with Crippen molar-refractivity contribution in [1.29, 1.82) is 0 Å². The molecular weight excluding hydrogens is 356 g/mol. The van der Waals surface area contributed by atoms with Crippen molar-refractivity contribution in [2.45, 2.75) is 0 Å². The van der Waals surface area contributed by atoms with E-state index >= 15 is 0 Å². The van der Waals surface area contributed by atoms with E-state index in [2.05, 4.69) is 50.1 Å². The predicted octanol–water partition coefficient (Wildman–Crippen LogP) is 5.49. The minimum atomic E-state index is 0.800. The van der Waals surface area contributed by atoms with E-state index in [-0.39, 0.29) is 0 Å². The van der Waals surface area contributed by atoms with E-state index in [1.54, 1.807) is 0 Å². The minimum Gasteiger partial charge on any atom is -0.455 e. The van der Waals surface area contributed by atoms with Gasteiger partial charge in [-0.1, -0.05) is 46.3 Å². The van der Waals surface area contributed by atoms with Crippen molar-refractivity contribution in [3.63, 3.8) is 0 Å². The first-order valence-electron chi connectivity index (χ1n) is 5.62. The Kier molecular flexibility index (Phi) is 3.27. The highest BCUT2D eigenvalue weighted by molar-refractivity contribution is 9.10. The Morgan fingerprint density at radius 1 is 1.00 bits per heavy atom. The summed E-state index contributed by atoms with van der Waals surface area (Å²) in [5.41, 5.74) is 3.45. The largest absolute Gasteiger partial charge is 0.455 e. The van der Waals surface area contributed by atoms with E-state index in [1.165, 1.54) is 5.57 Å². The molecule has 0 amide bonds.